The van der Waals surface area contributed by atoms with Gasteiger partial charge in [0.15, 0.2) is 0 Å². The fourth-order valence-electron chi connectivity index (χ4n) is 3.75. The van der Waals surface area contributed by atoms with E-state index in [4.69, 9.17) is 0 Å². The van der Waals surface area contributed by atoms with Gasteiger partial charge >= 0.3 is 6.36 Å². The van der Waals surface area contributed by atoms with Crippen LogP contribution in [0.1, 0.15) is 60.5 Å². The van der Waals surface area contributed by atoms with Gasteiger partial charge in [-0.3, -0.25) is 9.59 Å². The van der Waals surface area contributed by atoms with Crippen molar-refractivity contribution < 1.29 is 31.9 Å². The number of hydrogen-bond donors (Lipinski definition) is 2. The number of allylic oxidation sites excluding steroid dienone is 2. The quantitative estimate of drug-likeness (QED) is 0.239. The highest BCUT2D eigenvalue weighted by Gasteiger charge is 2.31. The zero-order valence-electron chi connectivity index (χ0n) is 22.4. The smallest absolute Gasteiger partial charge is 0.406 e. The van der Waals surface area contributed by atoms with E-state index < -0.39 is 24.0 Å². The summed E-state index contributed by atoms with van der Waals surface area (Å²) in [5, 5.41) is 5.60. The number of carbonyl (C=O) groups is 2. The molecule has 0 aliphatic carbocycles. The minimum Gasteiger partial charge on any atom is -0.406 e. The molecule has 0 fully saturated rings. The Balaban J connectivity index is 0.00000260. The number of ether oxygens (including phenoxy) is 1. The molecule has 0 atom stereocenters. The van der Waals surface area contributed by atoms with Gasteiger partial charge in [0.05, 0.1) is 11.1 Å². The minimum atomic E-state index is -4.79. The Morgan fingerprint density at radius 1 is 1.03 bits per heavy atom. The highest BCUT2D eigenvalue weighted by molar-refractivity contribution is 6.09. The lowest BCUT2D eigenvalue weighted by Crippen LogP contribution is -2.26. The molecule has 0 saturated heterocycles. The number of nitrogens with zero attached hydrogens (tertiary/aromatic N) is 1. The van der Waals surface area contributed by atoms with E-state index in [2.05, 4.69) is 26.9 Å². The second-order valence-electron chi connectivity index (χ2n) is 8.38. The van der Waals surface area contributed by atoms with Crippen LogP contribution < -0.4 is 15.4 Å². The van der Waals surface area contributed by atoms with Crippen LogP contribution >= 0.6 is 0 Å². The number of benzene rings is 2. The monoisotopic (exact) mass is 545 g/mol. The molecule has 208 valence electrons. The lowest BCUT2D eigenvalue weighted by Gasteiger charge is -2.16. The molecular weight excluding hydrogens is 514 g/mol. The second kappa shape index (κ2) is 13.5. The first-order chi connectivity index (χ1) is 18.4. The van der Waals surface area contributed by atoms with E-state index in [0.29, 0.717) is 35.1 Å². The molecule has 0 aliphatic rings. The summed E-state index contributed by atoms with van der Waals surface area (Å²) in [5.41, 5.74) is 2.56. The molecule has 0 aliphatic heterocycles. The lowest BCUT2D eigenvalue weighted by molar-refractivity contribution is -0.274. The Bertz CT molecular complexity index is 1400. The number of amides is 2. The summed E-state index contributed by atoms with van der Waals surface area (Å²) in [6.07, 6.45) is -4.00. The summed E-state index contributed by atoms with van der Waals surface area (Å²) in [6, 6.07) is 10.7. The maximum Gasteiger partial charge on any atom is 0.573 e. The predicted molar refractivity (Wildman–Crippen MR) is 143 cm³/mol. The molecule has 2 N–H and O–H groups in total. The summed E-state index contributed by atoms with van der Waals surface area (Å²) in [4.78, 5) is 29.6. The molecule has 0 spiro atoms. The Hall–Kier alpha value is -4.21. The van der Waals surface area contributed by atoms with E-state index in [1.807, 2.05) is 13.8 Å². The van der Waals surface area contributed by atoms with Crippen molar-refractivity contribution in [3.8, 4) is 5.75 Å². The van der Waals surface area contributed by atoms with E-state index in [-0.39, 0.29) is 22.5 Å². The number of hydrogen-bond acceptors (Lipinski definition) is 4. The average molecular weight is 546 g/mol. The highest BCUT2D eigenvalue weighted by Crippen LogP contribution is 2.25. The van der Waals surface area contributed by atoms with E-state index >= 15 is 0 Å². The molecule has 1 aromatic heterocycles. The van der Waals surface area contributed by atoms with Gasteiger partial charge in [-0.05, 0) is 73.7 Å². The first kappa shape index (κ1) is 31.0. The van der Waals surface area contributed by atoms with Gasteiger partial charge in [-0.2, -0.15) is 0 Å². The fraction of sp³-hybridized carbons (Fsp3) is 0.276. The second-order valence-corrected chi connectivity index (χ2v) is 8.38. The molecule has 1 heterocycles. The van der Waals surface area contributed by atoms with E-state index in [9.17, 15) is 27.2 Å². The average Bonchev–Trinajstić information content (AvgIpc) is 2.89. The third-order valence-corrected chi connectivity index (χ3v) is 5.49. The van der Waals surface area contributed by atoms with Crippen molar-refractivity contribution in [1.82, 2.24) is 15.6 Å². The predicted octanol–water partition coefficient (Wildman–Crippen LogP) is 6.87. The molecule has 39 heavy (non-hydrogen) atoms. The number of alkyl halides is 3. The molecule has 3 rings (SSSR count). The fourth-order valence-corrected chi connectivity index (χ4v) is 3.75. The van der Waals surface area contributed by atoms with Gasteiger partial charge in [-0.25, -0.2) is 9.37 Å². The minimum absolute atomic E-state index is 0.0516. The van der Waals surface area contributed by atoms with Crippen LogP contribution in [0.4, 0.5) is 17.6 Å². The Morgan fingerprint density at radius 3 is 2.33 bits per heavy atom. The van der Waals surface area contributed by atoms with E-state index in [1.165, 1.54) is 43.4 Å². The molecule has 0 saturated carbocycles. The van der Waals surface area contributed by atoms with Crippen molar-refractivity contribution in [2.24, 2.45) is 0 Å². The van der Waals surface area contributed by atoms with Crippen LogP contribution in [0.5, 0.6) is 5.75 Å². The van der Waals surface area contributed by atoms with Crippen molar-refractivity contribution >= 4 is 22.7 Å². The zero-order chi connectivity index (χ0) is 29.3. The summed E-state index contributed by atoms with van der Waals surface area (Å²) in [6.45, 7) is 11.4. The standard InChI is InChI=1S/C27H25F4N3O3.C2H6/c1-15(2)24(16(3)8-9-17-6-5-7-19(12-17)37-27(29,30)31)34-25(35)21-14-23(26(36)32-4)33-22-13-18(28)10-11-20(21)22;1-2/h5-7,10-14H,1,8-9H2,2-4H3,(H,32,36)(H,34,35);1-2H3/b24-16+;. The third-order valence-electron chi connectivity index (χ3n) is 5.49. The van der Waals surface area contributed by atoms with Crippen molar-refractivity contribution in [3.63, 3.8) is 0 Å². The van der Waals surface area contributed by atoms with Gasteiger partial charge in [0.2, 0.25) is 0 Å². The molecule has 6 nitrogen and oxygen atoms in total. The van der Waals surface area contributed by atoms with E-state index in [1.54, 1.807) is 19.9 Å². The van der Waals surface area contributed by atoms with Crippen LogP contribution in [-0.2, 0) is 6.42 Å². The number of carbonyl (C=O) groups excluding carboxylic acids is 2. The maximum absolute atomic E-state index is 13.8. The summed E-state index contributed by atoms with van der Waals surface area (Å²) in [7, 11) is 1.41. The molecular formula is C29H31F4N3O3. The van der Waals surface area contributed by atoms with Gasteiger partial charge < -0.3 is 15.4 Å². The number of nitrogens with one attached hydrogen (secondary N) is 2. The first-order valence-corrected chi connectivity index (χ1v) is 12.2. The SMILES string of the molecule is C=C(C)/C(NC(=O)c1cc(C(=O)NC)nc2cc(F)ccc12)=C(/C)CCc1cccc(OC(F)(F)F)c1.CC. The van der Waals surface area contributed by atoms with Crippen LogP contribution in [0.3, 0.4) is 0 Å². The number of pyridine rings is 1. The van der Waals surface area contributed by atoms with Crippen LogP contribution in [-0.4, -0.2) is 30.2 Å². The van der Waals surface area contributed by atoms with Crippen molar-refractivity contribution in [3.05, 3.63) is 94.6 Å². The summed E-state index contributed by atoms with van der Waals surface area (Å²) in [5.74, 6) is -1.97. The Morgan fingerprint density at radius 2 is 1.72 bits per heavy atom. The van der Waals surface area contributed by atoms with Gasteiger partial charge in [0, 0.05) is 24.2 Å². The lowest BCUT2D eigenvalue weighted by atomic mass is 10.0. The number of aryl methyl sites for hydroxylation is 1. The molecule has 3 aromatic rings. The van der Waals surface area contributed by atoms with Crippen molar-refractivity contribution in [2.45, 2.75) is 46.9 Å². The van der Waals surface area contributed by atoms with E-state index in [0.717, 1.165) is 11.6 Å². The summed E-state index contributed by atoms with van der Waals surface area (Å²) >= 11 is 0. The number of halogens is 4. The largest absolute Gasteiger partial charge is 0.573 e. The molecule has 0 radical (unpaired) electrons. The Kier molecular flexibility index (Phi) is 10.8. The third kappa shape index (κ3) is 8.66. The van der Waals surface area contributed by atoms with Crippen LogP contribution in [0, 0.1) is 5.82 Å². The molecule has 10 heteroatoms. The number of rotatable bonds is 8. The maximum atomic E-state index is 13.8. The zero-order valence-corrected chi connectivity index (χ0v) is 22.4. The topological polar surface area (TPSA) is 80.3 Å². The number of aromatic nitrogens is 1. The summed E-state index contributed by atoms with van der Waals surface area (Å²) < 4.78 is 55.4. The normalized spacial score (nSPS) is 11.6. The molecule has 0 unspecified atom stereocenters. The van der Waals surface area contributed by atoms with Crippen LogP contribution in [0.25, 0.3) is 10.9 Å². The highest BCUT2D eigenvalue weighted by atomic mass is 19.4. The van der Waals surface area contributed by atoms with Gasteiger partial charge in [0.1, 0.15) is 17.3 Å². The van der Waals surface area contributed by atoms with Gasteiger partial charge in [-0.15, -0.1) is 13.2 Å². The Labute approximate surface area is 224 Å². The van der Waals surface area contributed by atoms with Gasteiger partial charge in [0.25, 0.3) is 11.8 Å². The van der Waals surface area contributed by atoms with Crippen molar-refractivity contribution in [1.29, 1.82) is 0 Å². The first-order valence-electron chi connectivity index (χ1n) is 12.2. The molecule has 2 amide bonds. The molecule has 2 aromatic carbocycles. The number of fused-ring (bicyclic) bond motifs is 1. The molecule has 0 bridgehead atoms. The van der Waals surface area contributed by atoms with Crippen LogP contribution in [0.15, 0.2) is 72.0 Å². The van der Waals surface area contributed by atoms with Crippen molar-refractivity contribution in [2.75, 3.05) is 7.05 Å². The van der Waals surface area contributed by atoms with Crippen LogP contribution in [0.2, 0.25) is 0 Å². The van der Waals surface area contributed by atoms with Gasteiger partial charge in [-0.1, -0.05) is 32.6 Å².